The fourth-order valence-corrected chi connectivity index (χ4v) is 10.8. The van der Waals surface area contributed by atoms with Gasteiger partial charge in [0.1, 0.15) is 29.9 Å². The molecule has 0 bridgehead atoms. The first-order valence-electron chi connectivity index (χ1n) is 25.8. The molecule has 17 nitrogen and oxygen atoms in total. The molecule has 0 radical (unpaired) electrons. The standard InChI is InChI=1S/C59H64N4O13/c1-2-34-73-59-55(61(30-35-72-36-33-66)56(67)29-18-41-14-21-46(22-15-41)62(68)69)39-53(60-74-40-42-16-23-47(24-17-42)63(70)71)51-37-45(12-6-8-31-64)50(13-7-9-32-65)57(58(51)59)52-38-49(27-28-54(52)76-59)75-48-25-19-44(20-26-48)43-10-4-3-5-11-43/h2-5,10-11,14-29,37-38,45,50,55,57-58,64-66H,1,6-9,12-13,30-36,39-40H2. The Morgan fingerprint density at radius 3 is 2.14 bits per heavy atom. The van der Waals surface area contributed by atoms with E-state index in [1.54, 1.807) is 41.3 Å². The molecule has 1 amide bonds. The zero-order valence-corrected chi connectivity index (χ0v) is 42.3. The highest BCUT2D eigenvalue weighted by atomic mass is 16.7. The number of fused-ring (bicyclic) bond motifs is 2. The fraction of sp³-hybridized carbons (Fsp3) is 0.356. The molecule has 0 spiro atoms. The van der Waals surface area contributed by atoms with Gasteiger partial charge in [-0.2, -0.15) is 0 Å². The SMILES string of the molecule is C=CCOC12Oc3ccc(Oc4ccc(-c5ccccc5)cc4)cc3C3C(CCCCO)C(CCCCO)C=C(C(=NOCc4ccc([N+](=O)[O-])cc4)CC1N(CCOCCO)C(=O)C=Cc1ccc([N+](=O)[O-])cc1)C32. The van der Waals surface area contributed by atoms with E-state index in [9.17, 15) is 35.5 Å². The van der Waals surface area contributed by atoms with Crippen molar-refractivity contribution in [1.29, 1.82) is 0 Å². The van der Waals surface area contributed by atoms with Crippen molar-refractivity contribution in [1.82, 2.24) is 4.90 Å². The predicted octanol–water partition coefficient (Wildman–Crippen LogP) is 10.3. The molecule has 0 saturated heterocycles. The van der Waals surface area contributed by atoms with Crippen molar-refractivity contribution in [3.05, 3.63) is 189 Å². The van der Waals surface area contributed by atoms with Gasteiger partial charge in [0.2, 0.25) is 11.7 Å². The maximum Gasteiger partial charge on any atom is 0.269 e. The van der Waals surface area contributed by atoms with E-state index in [0.29, 0.717) is 59.8 Å². The summed E-state index contributed by atoms with van der Waals surface area (Å²) in [5, 5.41) is 57.7. The molecule has 6 atom stereocenters. The van der Waals surface area contributed by atoms with Crippen LogP contribution in [0.5, 0.6) is 17.2 Å². The molecule has 17 heteroatoms. The molecule has 5 aromatic rings. The van der Waals surface area contributed by atoms with Crippen LogP contribution < -0.4 is 9.47 Å². The van der Waals surface area contributed by atoms with Gasteiger partial charge in [0.15, 0.2) is 0 Å². The monoisotopic (exact) mass is 1040 g/mol. The normalized spacial score (nSPS) is 21.0. The lowest BCUT2D eigenvalue weighted by atomic mass is 9.55. The Labute approximate surface area is 441 Å². The summed E-state index contributed by atoms with van der Waals surface area (Å²) in [6, 6.07) is 34.6. The molecule has 2 aliphatic carbocycles. The largest absolute Gasteiger partial charge is 0.459 e. The van der Waals surface area contributed by atoms with Crippen molar-refractivity contribution in [3.8, 4) is 28.4 Å². The smallest absolute Gasteiger partial charge is 0.269 e. The van der Waals surface area contributed by atoms with E-state index in [2.05, 4.69) is 24.8 Å². The van der Waals surface area contributed by atoms with Crippen LogP contribution in [-0.2, 0) is 25.7 Å². The van der Waals surface area contributed by atoms with Crippen LogP contribution in [0.4, 0.5) is 11.4 Å². The van der Waals surface area contributed by atoms with E-state index in [0.717, 1.165) is 35.1 Å². The lowest BCUT2D eigenvalue weighted by Gasteiger charge is -2.60. The van der Waals surface area contributed by atoms with Crippen LogP contribution in [0.25, 0.3) is 17.2 Å². The van der Waals surface area contributed by atoms with Gasteiger partial charge >= 0.3 is 0 Å². The average Bonchev–Trinajstić information content (AvgIpc) is 3.54. The maximum atomic E-state index is 15.1. The average molecular weight is 1040 g/mol. The molecule has 8 rings (SSSR count). The number of non-ortho nitro benzene ring substituents is 2. The van der Waals surface area contributed by atoms with Crippen LogP contribution in [0.1, 0.15) is 67.6 Å². The number of carbonyl (C=O) groups is 1. The summed E-state index contributed by atoms with van der Waals surface area (Å²) in [4.78, 5) is 44.9. The summed E-state index contributed by atoms with van der Waals surface area (Å²) in [7, 11) is 0. The quantitative estimate of drug-likeness (QED) is 0.0146. The molecule has 3 aliphatic rings. The van der Waals surface area contributed by atoms with E-state index in [4.69, 9.17) is 28.9 Å². The minimum absolute atomic E-state index is 0.0104. The Kier molecular flexibility index (Phi) is 18.9. The van der Waals surface area contributed by atoms with Crippen molar-refractivity contribution in [2.45, 2.75) is 69.3 Å². The number of hydrogen-bond acceptors (Lipinski definition) is 14. The molecule has 1 fully saturated rings. The van der Waals surface area contributed by atoms with E-state index < -0.39 is 33.5 Å². The van der Waals surface area contributed by atoms with Crippen LogP contribution in [0.3, 0.4) is 0 Å². The molecular weight excluding hydrogens is 973 g/mol. The lowest BCUT2D eigenvalue weighted by Crippen LogP contribution is -2.70. The number of rotatable bonds is 27. The second-order valence-electron chi connectivity index (χ2n) is 19.0. The van der Waals surface area contributed by atoms with Crippen LogP contribution in [0, 0.1) is 38.0 Å². The number of aliphatic hydroxyl groups is 3. The Morgan fingerprint density at radius 2 is 1.47 bits per heavy atom. The molecule has 76 heavy (non-hydrogen) atoms. The predicted molar refractivity (Wildman–Crippen MR) is 287 cm³/mol. The molecule has 5 aromatic carbocycles. The number of oxime groups is 1. The highest BCUT2D eigenvalue weighted by Gasteiger charge is 2.65. The second-order valence-corrected chi connectivity index (χ2v) is 19.0. The molecule has 398 valence electrons. The second kappa shape index (κ2) is 26.3. The van der Waals surface area contributed by atoms with Gasteiger partial charge < -0.3 is 44.0 Å². The van der Waals surface area contributed by atoms with Crippen molar-refractivity contribution in [2.75, 3.05) is 46.2 Å². The Bertz CT molecular complexity index is 2860. The van der Waals surface area contributed by atoms with Gasteiger partial charge in [0.25, 0.3) is 11.4 Å². The first-order chi connectivity index (χ1) is 37.1. The summed E-state index contributed by atoms with van der Waals surface area (Å²) in [5.74, 6) is -1.56. The molecule has 6 unspecified atom stereocenters. The van der Waals surface area contributed by atoms with Gasteiger partial charge in [0.05, 0.1) is 47.9 Å². The first kappa shape index (κ1) is 54.7. The van der Waals surface area contributed by atoms with E-state index in [1.165, 1.54) is 30.3 Å². The Hall–Kier alpha value is -7.54. The minimum Gasteiger partial charge on any atom is -0.459 e. The van der Waals surface area contributed by atoms with Gasteiger partial charge in [-0.15, -0.1) is 6.58 Å². The zero-order valence-electron chi connectivity index (χ0n) is 42.3. The number of amides is 1. The van der Waals surface area contributed by atoms with E-state index >= 15 is 4.79 Å². The molecule has 1 saturated carbocycles. The molecule has 1 aliphatic heterocycles. The summed E-state index contributed by atoms with van der Waals surface area (Å²) >= 11 is 0. The summed E-state index contributed by atoms with van der Waals surface area (Å²) < 4.78 is 27.0. The maximum absolute atomic E-state index is 15.1. The fourth-order valence-electron chi connectivity index (χ4n) is 10.8. The number of hydrogen-bond donors (Lipinski definition) is 3. The van der Waals surface area contributed by atoms with Gasteiger partial charge in [-0.3, -0.25) is 25.0 Å². The number of aliphatic hydroxyl groups excluding tert-OH is 3. The zero-order chi connectivity index (χ0) is 53.4. The van der Waals surface area contributed by atoms with Gasteiger partial charge in [-0.25, -0.2) is 0 Å². The third-order valence-electron chi connectivity index (χ3n) is 14.3. The highest BCUT2D eigenvalue weighted by Crippen LogP contribution is 2.62. The first-order valence-corrected chi connectivity index (χ1v) is 25.8. The number of carbonyl (C=O) groups excluding carboxylic acids is 1. The van der Waals surface area contributed by atoms with Gasteiger partial charge in [-0.1, -0.05) is 72.6 Å². The number of unbranched alkanes of at least 4 members (excludes halogenated alkanes) is 2. The number of nitrogens with zero attached hydrogens (tertiary/aromatic N) is 4. The Balaban J connectivity index is 1.29. The van der Waals surface area contributed by atoms with Crippen LogP contribution in [0.15, 0.2) is 157 Å². The Morgan fingerprint density at radius 1 is 0.803 bits per heavy atom. The molecular formula is C59H64N4O13. The highest BCUT2D eigenvalue weighted by molar-refractivity contribution is 6.03. The number of benzene rings is 5. The van der Waals surface area contributed by atoms with Crippen molar-refractivity contribution in [2.24, 2.45) is 22.9 Å². The van der Waals surface area contributed by atoms with Gasteiger partial charge in [0, 0.05) is 68.0 Å². The van der Waals surface area contributed by atoms with Crippen LogP contribution >= 0.6 is 0 Å². The van der Waals surface area contributed by atoms with Crippen molar-refractivity contribution < 1.29 is 53.7 Å². The third-order valence-corrected chi connectivity index (χ3v) is 14.3. The number of allylic oxidation sites excluding steroid dienone is 1. The number of ether oxygens (including phenoxy) is 4. The van der Waals surface area contributed by atoms with Crippen LogP contribution in [-0.4, -0.2) is 99.7 Å². The van der Waals surface area contributed by atoms with Gasteiger partial charge in [-0.05, 0) is 126 Å². The van der Waals surface area contributed by atoms with E-state index in [-0.39, 0.29) is 88.3 Å². The molecule has 0 aromatic heterocycles. The summed E-state index contributed by atoms with van der Waals surface area (Å²) in [5.41, 5.74) is 5.29. The minimum atomic E-state index is -1.62. The molecule has 1 heterocycles. The number of nitro groups is 2. The van der Waals surface area contributed by atoms with Crippen molar-refractivity contribution in [3.63, 3.8) is 0 Å². The van der Waals surface area contributed by atoms with Crippen molar-refractivity contribution >= 4 is 29.1 Å². The summed E-state index contributed by atoms with van der Waals surface area (Å²) in [6.07, 6.45) is 10.9. The number of nitro benzene ring substituents is 2. The van der Waals surface area contributed by atoms with Crippen LogP contribution in [0.2, 0.25) is 0 Å². The third kappa shape index (κ3) is 12.9. The van der Waals surface area contributed by atoms with E-state index in [1.807, 2.05) is 60.7 Å². The lowest BCUT2D eigenvalue weighted by molar-refractivity contribution is -0.385. The summed E-state index contributed by atoms with van der Waals surface area (Å²) in [6.45, 7) is 3.86. The molecule has 3 N–H and O–H groups in total. The topological polar surface area (TPSA) is 226 Å².